The lowest BCUT2D eigenvalue weighted by atomic mass is 9.84. The third-order valence-corrected chi connectivity index (χ3v) is 3.72. The zero-order valence-corrected chi connectivity index (χ0v) is 11.1. The molecule has 1 unspecified atom stereocenters. The fraction of sp³-hybridized carbons (Fsp3) is 0.600. The van der Waals surface area contributed by atoms with Gasteiger partial charge in [0.05, 0.1) is 0 Å². The number of hydrogen-bond donors (Lipinski definition) is 2. The fourth-order valence-electron chi connectivity index (χ4n) is 2.91. The Labute approximate surface area is 105 Å². The molecule has 0 aromatic heterocycles. The third kappa shape index (κ3) is 2.88. The Balaban J connectivity index is 2.18. The topological polar surface area (TPSA) is 38.0 Å². The van der Waals surface area contributed by atoms with Crippen molar-refractivity contribution in [3.8, 4) is 0 Å². The summed E-state index contributed by atoms with van der Waals surface area (Å²) in [5.41, 5.74) is 11.5. The average Bonchev–Trinajstić information content (AvgIpc) is 2.30. The predicted molar refractivity (Wildman–Crippen MR) is 73.3 cm³/mol. The Morgan fingerprint density at radius 2 is 2.18 bits per heavy atom. The summed E-state index contributed by atoms with van der Waals surface area (Å²) >= 11 is 0. The SMILES string of the molecule is Cc1cc(C)c2c(c1)C(NCCCN)CCC2. The molecule has 0 saturated carbocycles. The zero-order chi connectivity index (χ0) is 12.3. The van der Waals surface area contributed by atoms with Crippen LogP contribution < -0.4 is 11.1 Å². The second kappa shape index (κ2) is 5.65. The molecule has 1 aliphatic carbocycles. The molecule has 0 amide bonds. The maximum Gasteiger partial charge on any atom is 0.0323 e. The van der Waals surface area contributed by atoms with E-state index < -0.39 is 0 Å². The summed E-state index contributed by atoms with van der Waals surface area (Å²) in [5.74, 6) is 0. The summed E-state index contributed by atoms with van der Waals surface area (Å²) < 4.78 is 0. The van der Waals surface area contributed by atoms with Gasteiger partial charge in [0.15, 0.2) is 0 Å². The van der Waals surface area contributed by atoms with Crippen molar-refractivity contribution in [3.05, 3.63) is 34.4 Å². The number of benzene rings is 1. The molecule has 0 radical (unpaired) electrons. The van der Waals surface area contributed by atoms with E-state index in [9.17, 15) is 0 Å². The molecule has 94 valence electrons. The highest BCUT2D eigenvalue weighted by atomic mass is 14.9. The standard InChI is InChI=1S/C15H24N2/c1-11-9-12(2)13-5-3-6-15(14(13)10-11)17-8-4-7-16/h9-10,15,17H,3-8,16H2,1-2H3. The van der Waals surface area contributed by atoms with E-state index in [1.165, 1.54) is 36.0 Å². The Morgan fingerprint density at radius 1 is 1.35 bits per heavy atom. The molecule has 1 aliphatic rings. The van der Waals surface area contributed by atoms with Gasteiger partial charge in [0, 0.05) is 6.04 Å². The molecule has 3 N–H and O–H groups in total. The summed E-state index contributed by atoms with van der Waals surface area (Å²) in [7, 11) is 0. The highest BCUT2D eigenvalue weighted by molar-refractivity contribution is 5.41. The second-order valence-electron chi connectivity index (χ2n) is 5.19. The highest BCUT2D eigenvalue weighted by Gasteiger charge is 2.20. The number of nitrogens with one attached hydrogen (secondary N) is 1. The van der Waals surface area contributed by atoms with E-state index in [4.69, 9.17) is 5.73 Å². The molecule has 2 heteroatoms. The van der Waals surface area contributed by atoms with E-state index in [2.05, 4.69) is 31.3 Å². The molecular weight excluding hydrogens is 208 g/mol. The van der Waals surface area contributed by atoms with E-state index in [1.54, 1.807) is 5.56 Å². The molecule has 2 nitrogen and oxygen atoms in total. The van der Waals surface area contributed by atoms with Crippen LogP contribution in [0.15, 0.2) is 12.1 Å². The molecule has 1 atom stereocenters. The summed E-state index contributed by atoms with van der Waals surface area (Å²) in [5, 5.41) is 3.65. The number of nitrogens with two attached hydrogens (primary N) is 1. The van der Waals surface area contributed by atoms with Gasteiger partial charge in [-0.15, -0.1) is 0 Å². The van der Waals surface area contributed by atoms with Crippen molar-refractivity contribution in [2.45, 2.75) is 45.6 Å². The van der Waals surface area contributed by atoms with Gasteiger partial charge < -0.3 is 11.1 Å². The van der Waals surface area contributed by atoms with Gasteiger partial charge in [0.2, 0.25) is 0 Å². The summed E-state index contributed by atoms with van der Waals surface area (Å²) in [6.45, 7) is 6.25. The van der Waals surface area contributed by atoms with Gasteiger partial charge in [-0.3, -0.25) is 0 Å². The van der Waals surface area contributed by atoms with E-state index >= 15 is 0 Å². The Morgan fingerprint density at radius 3 is 2.94 bits per heavy atom. The number of aryl methyl sites for hydroxylation is 2. The zero-order valence-electron chi connectivity index (χ0n) is 11.1. The third-order valence-electron chi connectivity index (χ3n) is 3.72. The monoisotopic (exact) mass is 232 g/mol. The van der Waals surface area contributed by atoms with E-state index in [0.29, 0.717) is 6.04 Å². The van der Waals surface area contributed by atoms with E-state index in [-0.39, 0.29) is 0 Å². The van der Waals surface area contributed by atoms with Crippen LogP contribution in [0.3, 0.4) is 0 Å². The molecule has 0 saturated heterocycles. The maximum atomic E-state index is 5.55. The molecule has 0 fully saturated rings. The summed E-state index contributed by atoms with van der Waals surface area (Å²) in [6.07, 6.45) is 4.88. The van der Waals surface area contributed by atoms with E-state index in [0.717, 1.165) is 19.5 Å². The van der Waals surface area contributed by atoms with Crippen molar-refractivity contribution < 1.29 is 0 Å². The molecule has 1 aromatic rings. The molecule has 0 spiro atoms. The minimum Gasteiger partial charge on any atom is -0.330 e. The molecular formula is C15H24N2. The van der Waals surface area contributed by atoms with Crippen LogP contribution >= 0.6 is 0 Å². The molecule has 17 heavy (non-hydrogen) atoms. The first-order valence-corrected chi connectivity index (χ1v) is 6.76. The van der Waals surface area contributed by atoms with Crippen LogP contribution in [0.1, 0.15) is 47.6 Å². The first-order valence-electron chi connectivity index (χ1n) is 6.76. The van der Waals surface area contributed by atoms with Crippen LogP contribution in [-0.2, 0) is 6.42 Å². The molecule has 0 heterocycles. The van der Waals surface area contributed by atoms with Gasteiger partial charge in [-0.2, -0.15) is 0 Å². The predicted octanol–water partition coefficient (Wildman–Crippen LogP) is 2.62. The van der Waals surface area contributed by atoms with Crippen LogP contribution in [0.2, 0.25) is 0 Å². The van der Waals surface area contributed by atoms with Crippen molar-refractivity contribution in [3.63, 3.8) is 0 Å². The molecule has 2 rings (SSSR count). The van der Waals surface area contributed by atoms with Gasteiger partial charge in [-0.25, -0.2) is 0 Å². The minimum absolute atomic E-state index is 0.545. The Hall–Kier alpha value is -0.860. The first kappa shape index (κ1) is 12.6. The van der Waals surface area contributed by atoms with Gasteiger partial charge in [-0.05, 0) is 69.3 Å². The molecule has 0 aliphatic heterocycles. The Kier molecular flexibility index (Phi) is 4.19. The maximum absolute atomic E-state index is 5.55. The van der Waals surface area contributed by atoms with Crippen molar-refractivity contribution in [1.82, 2.24) is 5.32 Å². The smallest absolute Gasteiger partial charge is 0.0323 e. The second-order valence-corrected chi connectivity index (χ2v) is 5.19. The lowest BCUT2D eigenvalue weighted by molar-refractivity contribution is 0.456. The van der Waals surface area contributed by atoms with Crippen LogP contribution in [0.25, 0.3) is 0 Å². The van der Waals surface area contributed by atoms with Crippen LogP contribution in [0, 0.1) is 13.8 Å². The van der Waals surface area contributed by atoms with Crippen LogP contribution in [0.5, 0.6) is 0 Å². The van der Waals surface area contributed by atoms with Crippen molar-refractivity contribution >= 4 is 0 Å². The number of fused-ring (bicyclic) bond motifs is 1. The summed E-state index contributed by atoms with van der Waals surface area (Å²) in [4.78, 5) is 0. The van der Waals surface area contributed by atoms with Crippen molar-refractivity contribution in [2.24, 2.45) is 5.73 Å². The Bertz CT molecular complexity index is 385. The van der Waals surface area contributed by atoms with Gasteiger partial charge >= 0.3 is 0 Å². The van der Waals surface area contributed by atoms with Crippen molar-refractivity contribution in [1.29, 1.82) is 0 Å². The quantitative estimate of drug-likeness (QED) is 0.783. The van der Waals surface area contributed by atoms with Crippen LogP contribution in [-0.4, -0.2) is 13.1 Å². The molecule has 0 bridgehead atoms. The van der Waals surface area contributed by atoms with Crippen LogP contribution in [0.4, 0.5) is 0 Å². The normalized spacial score (nSPS) is 19.1. The highest BCUT2D eigenvalue weighted by Crippen LogP contribution is 2.32. The number of rotatable bonds is 4. The largest absolute Gasteiger partial charge is 0.330 e. The fourth-order valence-corrected chi connectivity index (χ4v) is 2.91. The van der Waals surface area contributed by atoms with Gasteiger partial charge in [0.1, 0.15) is 0 Å². The first-order chi connectivity index (χ1) is 8.22. The van der Waals surface area contributed by atoms with Gasteiger partial charge in [-0.1, -0.05) is 17.7 Å². The molecule has 1 aromatic carbocycles. The summed E-state index contributed by atoms with van der Waals surface area (Å²) in [6, 6.07) is 5.21. The lowest BCUT2D eigenvalue weighted by Crippen LogP contribution is -2.27. The lowest BCUT2D eigenvalue weighted by Gasteiger charge is -2.28. The van der Waals surface area contributed by atoms with E-state index in [1.807, 2.05) is 0 Å². The number of hydrogen-bond acceptors (Lipinski definition) is 2. The van der Waals surface area contributed by atoms with Gasteiger partial charge in [0.25, 0.3) is 0 Å². The van der Waals surface area contributed by atoms with Crippen molar-refractivity contribution in [2.75, 3.05) is 13.1 Å². The average molecular weight is 232 g/mol. The minimum atomic E-state index is 0.545.